The second-order valence-corrected chi connectivity index (χ2v) is 3.89. The number of fused-ring (bicyclic) bond motifs is 1. The highest BCUT2D eigenvalue weighted by molar-refractivity contribution is 6.00. The van der Waals surface area contributed by atoms with E-state index < -0.39 is 0 Å². The van der Waals surface area contributed by atoms with E-state index in [9.17, 15) is 0 Å². The first-order valence-electron chi connectivity index (χ1n) is 5.53. The van der Waals surface area contributed by atoms with Crippen LogP contribution in [0.1, 0.15) is 0 Å². The van der Waals surface area contributed by atoms with Crippen LogP contribution in [-0.2, 0) is 0 Å². The Morgan fingerprint density at radius 1 is 1.17 bits per heavy atom. The Balaban J connectivity index is 2.27. The molecule has 3 rings (SSSR count). The maximum absolute atomic E-state index is 5.96. The summed E-state index contributed by atoms with van der Waals surface area (Å²) in [7, 11) is 1.52. The largest absolute Gasteiger partial charge is 0.467 e. The van der Waals surface area contributed by atoms with Gasteiger partial charge in [0.2, 0.25) is 0 Å². The molecule has 0 unspecified atom stereocenters. The maximum atomic E-state index is 5.96. The van der Waals surface area contributed by atoms with E-state index in [1.54, 1.807) is 0 Å². The fourth-order valence-corrected chi connectivity index (χ4v) is 1.98. The molecule has 90 valence electrons. The number of hydrogen-bond donors (Lipinski definition) is 2. The SMILES string of the molecule is COc1nc(N)c2c(-c3ccccc3)c[nH]c2n1. The van der Waals surface area contributed by atoms with Gasteiger partial charge in [-0.05, 0) is 5.56 Å². The fraction of sp³-hybridized carbons (Fsp3) is 0.0769. The minimum absolute atomic E-state index is 0.265. The molecule has 0 aliphatic rings. The molecule has 0 spiro atoms. The van der Waals surface area contributed by atoms with Gasteiger partial charge in [0.05, 0.1) is 12.5 Å². The summed E-state index contributed by atoms with van der Waals surface area (Å²) in [5.41, 5.74) is 8.71. The van der Waals surface area contributed by atoms with Gasteiger partial charge in [-0.1, -0.05) is 30.3 Å². The first kappa shape index (κ1) is 10.6. The highest BCUT2D eigenvalue weighted by Crippen LogP contribution is 2.31. The molecule has 2 aromatic heterocycles. The van der Waals surface area contributed by atoms with Gasteiger partial charge in [0.15, 0.2) is 0 Å². The second-order valence-electron chi connectivity index (χ2n) is 3.89. The van der Waals surface area contributed by atoms with Crippen LogP contribution in [0.15, 0.2) is 36.5 Å². The van der Waals surface area contributed by atoms with Crippen molar-refractivity contribution in [2.24, 2.45) is 0 Å². The van der Waals surface area contributed by atoms with Gasteiger partial charge in [-0.15, -0.1) is 0 Å². The molecule has 0 saturated heterocycles. The van der Waals surface area contributed by atoms with Crippen LogP contribution in [0.3, 0.4) is 0 Å². The summed E-state index contributed by atoms with van der Waals surface area (Å²) < 4.78 is 5.00. The van der Waals surface area contributed by atoms with E-state index >= 15 is 0 Å². The lowest BCUT2D eigenvalue weighted by molar-refractivity contribution is 0.382. The highest BCUT2D eigenvalue weighted by atomic mass is 16.5. The molecular weight excluding hydrogens is 228 g/mol. The second kappa shape index (κ2) is 4.03. The smallest absolute Gasteiger partial charge is 0.320 e. The molecule has 3 aromatic rings. The highest BCUT2D eigenvalue weighted by Gasteiger charge is 2.12. The number of benzene rings is 1. The zero-order valence-electron chi connectivity index (χ0n) is 9.84. The molecule has 0 aliphatic heterocycles. The summed E-state index contributed by atoms with van der Waals surface area (Å²) in [5, 5.41) is 0.821. The average Bonchev–Trinajstić information content (AvgIpc) is 2.84. The number of anilines is 1. The predicted molar refractivity (Wildman–Crippen MR) is 70.3 cm³/mol. The van der Waals surface area contributed by atoms with E-state index in [-0.39, 0.29) is 6.01 Å². The number of rotatable bonds is 2. The molecule has 3 N–H and O–H groups in total. The Morgan fingerprint density at radius 3 is 2.67 bits per heavy atom. The number of H-pyrrole nitrogens is 1. The zero-order chi connectivity index (χ0) is 12.5. The topological polar surface area (TPSA) is 76.8 Å². The van der Waals surface area contributed by atoms with Gasteiger partial charge in [-0.25, -0.2) is 0 Å². The fourth-order valence-electron chi connectivity index (χ4n) is 1.98. The Hall–Kier alpha value is -2.56. The molecule has 0 amide bonds. The van der Waals surface area contributed by atoms with Crippen molar-refractivity contribution in [1.82, 2.24) is 15.0 Å². The lowest BCUT2D eigenvalue weighted by Crippen LogP contribution is -1.98. The van der Waals surface area contributed by atoms with Gasteiger partial charge < -0.3 is 15.5 Å². The van der Waals surface area contributed by atoms with Crippen molar-refractivity contribution in [1.29, 1.82) is 0 Å². The van der Waals surface area contributed by atoms with Gasteiger partial charge in [0.1, 0.15) is 11.5 Å². The monoisotopic (exact) mass is 240 g/mol. The molecule has 1 aromatic carbocycles. The van der Waals surface area contributed by atoms with Crippen LogP contribution in [0.4, 0.5) is 5.82 Å². The lowest BCUT2D eigenvalue weighted by Gasteiger charge is -2.03. The molecule has 0 radical (unpaired) electrons. The molecule has 0 aliphatic carbocycles. The first-order chi connectivity index (χ1) is 8.79. The number of methoxy groups -OCH3 is 1. The minimum Gasteiger partial charge on any atom is -0.467 e. The van der Waals surface area contributed by atoms with Crippen molar-refractivity contribution in [2.45, 2.75) is 0 Å². The van der Waals surface area contributed by atoms with Crippen LogP contribution < -0.4 is 10.5 Å². The lowest BCUT2D eigenvalue weighted by atomic mass is 10.1. The quantitative estimate of drug-likeness (QED) is 0.720. The third-order valence-corrected chi connectivity index (χ3v) is 2.81. The van der Waals surface area contributed by atoms with Gasteiger partial charge in [0.25, 0.3) is 0 Å². The van der Waals surface area contributed by atoms with Gasteiger partial charge >= 0.3 is 6.01 Å². The Bertz CT molecular complexity index is 691. The van der Waals surface area contributed by atoms with Crippen molar-refractivity contribution in [3.05, 3.63) is 36.5 Å². The predicted octanol–water partition coefficient (Wildman–Crippen LogP) is 2.22. The number of aromatic nitrogens is 3. The zero-order valence-corrected chi connectivity index (χ0v) is 9.84. The molecule has 18 heavy (non-hydrogen) atoms. The Morgan fingerprint density at radius 2 is 1.94 bits per heavy atom. The molecular formula is C13H12N4O. The van der Waals surface area contributed by atoms with Crippen molar-refractivity contribution in [3.8, 4) is 17.1 Å². The van der Waals surface area contributed by atoms with Crippen LogP contribution >= 0.6 is 0 Å². The number of nitrogens with one attached hydrogen (secondary N) is 1. The normalized spacial score (nSPS) is 10.7. The van der Waals surface area contributed by atoms with Gasteiger partial charge in [-0.3, -0.25) is 0 Å². The summed E-state index contributed by atoms with van der Waals surface area (Å²) in [6.07, 6.45) is 1.88. The summed E-state index contributed by atoms with van der Waals surface area (Å²) in [5.74, 6) is 0.414. The van der Waals surface area contributed by atoms with E-state index in [1.807, 2.05) is 36.5 Å². The summed E-state index contributed by atoms with van der Waals surface area (Å²) >= 11 is 0. The Kier molecular flexibility index (Phi) is 2.37. The number of nitrogens with two attached hydrogens (primary N) is 1. The average molecular weight is 240 g/mol. The van der Waals surface area contributed by atoms with Crippen molar-refractivity contribution >= 4 is 16.9 Å². The summed E-state index contributed by atoms with van der Waals surface area (Å²) in [6, 6.07) is 10.2. The van der Waals surface area contributed by atoms with Crippen molar-refractivity contribution in [3.63, 3.8) is 0 Å². The number of hydrogen-bond acceptors (Lipinski definition) is 4. The van der Waals surface area contributed by atoms with Crippen LogP contribution in [-0.4, -0.2) is 22.1 Å². The molecule has 0 bridgehead atoms. The van der Waals surface area contributed by atoms with Crippen LogP contribution in [0, 0.1) is 0 Å². The molecule has 5 nitrogen and oxygen atoms in total. The van der Waals surface area contributed by atoms with Crippen molar-refractivity contribution in [2.75, 3.05) is 12.8 Å². The minimum atomic E-state index is 0.265. The third-order valence-electron chi connectivity index (χ3n) is 2.81. The standard InChI is InChI=1S/C13H12N4O/c1-18-13-16-11(14)10-9(7-15-12(10)17-13)8-5-3-2-4-6-8/h2-7H,1H3,(H3,14,15,16,17). The number of nitrogen functional groups attached to an aromatic ring is 1. The summed E-state index contributed by atoms with van der Waals surface area (Å²) in [4.78, 5) is 11.4. The maximum Gasteiger partial charge on any atom is 0.320 e. The molecule has 0 fully saturated rings. The Labute approximate surface area is 104 Å². The number of ether oxygens (including phenoxy) is 1. The van der Waals surface area contributed by atoms with Gasteiger partial charge in [0, 0.05) is 11.8 Å². The molecule has 2 heterocycles. The van der Waals surface area contributed by atoms with Crippen molar-refractivity contribution < 1.29 is 4.74 Å². The third kappa shape index (κ3) is 1.57. The molecule has 5 heteroatoms. The van der Waals surface area contributed by atoms with Crippen LogP contribution in [0.2, 0.25) is 0 Å². The van der Waals surface area contributed by atoms with E-state index in [0.717, 1.165) is 16.5 Å². The summed E-state index contributed by atoms with van der Waals surface area (Å²) in [6.45, 7) is 0. The molecule has 0 atom stereocenters. The first-order valence-corrected chi connectivity index (χ1v) is 5.53. The van der Waals surface area contributed by atoms with E-state index in [0.29, 0.717) is 11.5 Å². The van der Waals surface area contributed by atoms with Gasteiger partial charge in [-0.2, -0.15) is 9.97 Å². The number of aromatic amines is 1. The van der Waals surface area contributed by atoms with Crippen LogP contribution in [0.5, 0.6) is 6.01 Å². The van der Waals surface area contributed by atoms with E-state index in [1.165, 1.54) is 7.11 Å². The van der Waals surface area contributed by atoms with E-state index in [2.05, 4.69) is 15.0 Å². The molecule has 0 saturated carbocycles. The number of nitrogens with zero attached hydrogens (tertiary/aromatic N) is 2. The van der Waals surface area contributed by atoms with E-state index in [4.69, 9.17) is 10.5 Å². The van der Waals surface area contributed by atoms with Crippen LogP contribution in [0.25, 0.3) is 22.2 Å².